The maximum absolute atomic E-state index is 11.8. The molecule has 0 rings (SSSR count). The molecule has 0 aromatic rings. The van der Waals surface area contributed by atoms with Gasteiger partial charge in [-0.1, -0.05) is 0 Å². The number of carbonyl (C=O) groups excluding carboxylic acids is 1. The molecule has 0 aliphatic carbocycles. The van der Waals surface area contributed by atoms with Crippen LogP contribution in [0.2, 0.25) is 0 Å². The number of amides is 1. The van der Waals surface area contributed by atoms with Crippen LogP contribution in [0, 0.1) is 16.7 Å². The number of nitrogens with two attached hydrogens (primary N) is 1. The molecule has 0 saturated heterocycles. The van der Waals surface area contributed by atoms with Crippen molar-refractivity contribution in [1.82, 2.24) is 5.01 Å². The van der Waals surface area contributed by atoms with Crippen LogP contribution in [0.15, 0.2) is 0 Å². The summed E-state index contributed by atoms with van der Waals surface area (Å²) in [5, 5.41) is 10.0. The Bertz CT molecular complexity index is 356. The summed E-state index contributed by atoms with van der Waals surface area (Å²) in [6.07, 6.45) is 0.764. The SMILES string of the molecule is CC(C)(C#N)CCC(=O)N(N)CCOCCOC(C)(C)C. The first-order valence-electron chi connectivity index (χ1n) is 7.25. The van der Waals surface area contributed by atoms with Crippen molar-refractivity contribution in [2.75, 3.05) is 26.4 Å². The van der Waals surface area contributed by atoms with Crippen molar-refractivity contribution < 1.29 is 14.3 Å². The largest absolute Gasteiger partial charge is 0.377 e. The summed E-state index contributed by atoms with van der Waals surface area (Å²) in [6.45, 7) is 11.2. The fourth-order valence-corrected chi connectivity index (χ4v) is 1.42. The minimum atomic E-state index is -0.503. The van der Waals surface area contributed by atoms with Crippen LogP contribution in [0.3, 0.4) is 0 Å². The summed E-state index contributed by atoms with van der Waals surface area (Å²) in [5.74, 6) is 5.49. The lowest BCUT2D eigenvalue weighted by molar-refractivity contribution is -0.132. The van der Waals surface area contributed by atoms with E-state index in [9.17, 15) is 4.79 Å². The van der Waals surface area contributed by atoms with Gasteiger partial charge < -0.3 is 9.47 Å². The fourth-order valence-electron chi connectivity index (χ4n) is 1.42. The maximum atomic E-state index is 11.8. The van der Waals surface area contributed by atoms with Gasteiger partial charge in [0.1, 0.15) is 0 Å². The van der Waals surface area contributed by atoms with Crippen LogP contribution in [-0.4, -0.2) is 42.9 Å². The molecule has 21 heavy (non-hydrogen) atoms. The number of hydrogen-bond donors (Lipinski definition) is 1. The quantitative estimate of drug-likeness (QED) is 0.304. The van der Waals surface area contributed by atoms with Crippen LogP contribution in [0.5, 0.6) is 0 Å². The number of hydrogen-bond acceptors (Lipinski definition) is 5. The Kier molecular flexibility index (Phi) is 8.48. The monoisotopic (exact) mass is 299 g/mol. The Morgan fingerprint density at radius 1 is 1.19 bits per heavy atom. The highest BCUT2D eigenvalue weighted by Crippen LogP contribution is 2.20. The highest BCUT2D eigenvalue weighted by atomic mass is 16.5. The zero-order chi connectivity index (χ0) is 16.5. The summed E-state index contributed by atoms with van der Waals surface area (Å²) in [4.78, 5) is 11.8. The minimum absolute atomic E-state index is 0.173. The number of ether oxygens (including phenoxy) is 2. The Morgan fingerprint density at radius 2 is 1.81 bits per heavy atom. The zero-order valence-electron chi connectivity index (χ0n) is 13.9. The van der Waals surface area contributed by atoms with Crippen LogP contribution >= 0.6 is 0 Å². The van der Waals surface area contributed by atoms with Crippen molar-refractivity contribution in [2.24, 2.45) is 11.3 Å². The van der Waals surface area contributed by atoms with E-state index in [1.54, 1.807) is 13.8 Å². The number of hydrazine groups is 1. The molecule has 6 nitrogen and oxygen atoms in total. The van der Waals surface area contributed by atoms with Gasteiger partial charge in [-0.05, 0) is 41.0 Å². The molecule has 0 radical (unpaired) electrons. The van der Waals surface area contributed by atoms with Crippen molar-refractivity contribution in [3.8, 4) is 6.07 Å². The molecular formula is C15H29N3O3. The van der Waals surface area contributed by atoms with Crippen LogP contribution < -0.4 is 5.84 Å². The lowest BCUT2D eigenvalue weighted by atomic mass is 9.90. The van der Waals surface area contributed by atoms with Crippen LogP contribution in [0.4, 0.5) is 0 Å². The topological polar surface area (TPSA) is 88.6 Å². The van der Waals surface area contributed by atoms with Gasteiger partial charge in [0.25, 0.3) is 0 Å². The molecule has 0 aliphatic heterocycles. The van der Waals surface area contributed by atoms with Gasteiger partial charge in [-0.25, -0.2) is 5.84 Å². The minimum Gasteiger partial charge on any atom is -0.377 e. The standard InChI is InChI=1S/C15H29N3O3/c1-14(2,3)21-11-10-20-9-8-18(17)13(19)6-7-15(4,5)12-16/h6-11,17H2,1-5H3. The molecule has 0 saturated carbocycles. The Labute approximate surface area is 128 Å². The van der Waals surface area contributed by atoms with Gasteiger partial charge in [-0.3, -0.25) is 9.80 Å². The van der Waals surface area contributed by atoms with Gasteiger partial charge >= 0.3 is 0 Å². The van der Waals surface area contributed by atoms with E-state index in [1.165, 1.54) is 0 Å². The highest BCUT2D eigenvalue weighted by molar-refractivity contribution is 5.75. The molecule has 2 N–H and O–H groups in total. The average molecular weight is 299 g/mol. The van der Waals surface area contributed by atoms with Gasteiger partial charge in [0.2, 0.25) is 5.91 Å². The summed E-state index contributed by atoms with van der Waals surface area (Å²) < 4.78 is 10.9. The lowest BCUT2D eigenvalue weighted by Gasteiger charge is -2.21. The van der Waals surface area contributed by atoms with Gasteiger partial charge in [0.05, 0.1) is 43.5 Å². The van der Waals surface area contributed by atoms with E-state index in [2.05, 4.69) is 6.07 Å². The van der Waals surface area contributed by atoms with Crippen LogP contribution in [-0.2, 0) is 14.3 Å². The van der Waals surface area contributed by atoms with E-state index in [0.29, 0.717) is 32.8 Å². The number of nitriles is 1. The second kappa shape index (κ2) is 8.98. The molecule has 0 fully saturated rings. The molecular weight excluding hydrogens is 270 g/mol. The van der Waals surface area contributed by atoms with E-state index in [1.807, 2.05) is 20.8 Å². The molecule has 1 amide bonds. The molecule has 0 bridgehead atoms. The highest BCUT2D eigenvalue weighted by Gasteiger charge is 2.20. The molecule has 0 spiro atoms. The van der Waals surface area contributed by atoms with Crippen molar-refractivity contribution in [3.05, 3.63) is 0 Å². The van der Waals surface area contributed by atoms with Crippen molar-refractivity contribution in [2.45, 2.75) is 53.1 Å². The smallest absolute Gasteiger partial charge is 0.236 e. The second-order valence-electron chi connectivity index (χ2n) is 6.66. The van der Waals surface area contributed by atoms with Gasteiger partial charge in [0.15, 0.2) is 0 Å². The van der Waals surface area contributed by atoms with E-state index in [-0.39, 0.29) is 17.9 Å². The molecule has 0 heterocycles. The third-order valence-corrected chi connectivity index (χ3v) is 2.83. The summed E-state index contributed by atoms with van der Waals surface area (Å²) in [7, 11) is 0. The first-order valence-corrected chi connectivity index (χ1v) is 7.25. The van der Waals surface area contributed by atoms with E-state index < -0.39 is 5.41 Å². The van der Waals surface area contributed by atoms with E-state index in [0.717, 1.165) is 5.01 Å². The van der Waals surface area contributed by atoms with Crippen molar-refractivity contribution >= 4 is 5.91 Å². The Balaban J connectivity index is 3.73. The number of nitrogens with zero attached hydrogens (tertiary/aromatic N) is 2. The molecule has 0 unspecified atom stereocenters. The maximum Gasteiger partial charge on any atom is 0.236 e. The van der Waals surface area contributed by atoms with Crippen LogP contribution in [0.25, 0.3) is 0 Å². The van der Waals surface area contributed by atoms with Crippen molar-refractivity contribution in [3.63, 3.8) is 0 Å². The third kappa shape index (κ3) is 11.2. The number of carbonyl (C=O) groups is 1. The number of rotatable bonds is 9. The molecule has 0 aliphatic rings. The second-order valence-corrected chi connectivity index (χ2v) is 6.66. The molecule has 0 atom stereocenters. The normalized spacial score (nSPS) is 12.0. The van der Waals surface area contributed by atoms with Crippen molar-refractivity contribution in [1.29, 1.82) is 5.26 Å². The molecule has 122 valence electrons. The van der Waals surface area contributed by atoms with Gasteiger partial charge in [0, 0.05) is 6.42 Å². The molecule has 6 heteroatoms. The van der Waals surface area contributed by atoms with E-state index >= 15 is 0 Å². The molecule has 0 aromatic heterocycles. The Hall–Kier alpha value is -1.16. The summed E-state index contributed by atoms with van der Waals surface area (Å²) in [5.41, 5.74) is -0.677. The fraction of sp³-hybridized carbons (Fsp3) is 0.867. The zero-order valence-corrected chi connectivity index (χ0v) is 13.9. The predicted molar refractivity (Wildman–Crippen MR) is 81.1 cm³/mol. The Morgan fingerprint density at radius 3 is 2.33 bits per heavy atom. The predicted octanol–water partition coefficient (Wildman–Crippen LogP) is 1.85. The average Bonchev–Trinajstić information content (AvgIpc) is 2.38. The summed E-state index contributed by atoms with van der Waals surface area (Å²) >= 11 is 0. The third-order valence-electron chi connectivity index (χ3n) is 2.83. The first-order chi connectivity index (χ1) is 9.57. The first kappa shape index (κ1) is 19.8. The summed E-state index contributed by atoms with van der Waals surface area (Å²) in [6, 6.07) is 2.16. The molecule has 0 aromatic carbocycles. The van der Waals surface area contributed by atoms with E-state index in [4.69, 9.17) is 20.6 Å². The van der Waals surface area contributed by atoms with Crippen LogP contribution in [0.1, 0.15) is 47.5 Å². The van der Waals surface area contributed by atoms with Gasteiger partial charge in [-0.2, -0.15) is 5.26 Å². The van der Waals surface area contributed by atoms with Gasteiger partial charge in [-0.15, -0.1) is 0 Å². The lowest BCUT2D eigenvalue weighted by Crippen LogP contribution is -2.40.